The van der Waals surface area contributed by atoms with E-state index in [-0.39, 0.29) is 17.9 Å². The van der Waals surface area contributed by atoms with Crippen LogP contribution in [0, 0.1) is 5.92 Å². The van der Waals surface area contributed by atoms with Crippen LogP contribution in [0.25, 0.3) is 10.9 Å². The van der Waals surface area contributed by atoms with Gasteiger partial charge in [0.05, 0.1) is 17.1 Å². The Morgan fingerprint density at radius 3 is 2.94 bits per heavy atom. The van der Waals surface area contributed by atoms with E-state index in [1.54, 1.807) is 6.20 Å². The summed E-state index contributed by atoms with van der Waals surface area (Å²) in [6.45, 7) is 0. The number of rotatable bonds is 2. The van der Waals surface area contributed by atoms with E-state index in [4.69, 9.17) is 5.73 Å². The molecule has 2 unspecified atom stereocenters. The van der Waals surface area contributed by atoms with E-state index in [9.17, 15) is 4.79 Å². The Balaban J connectivity index is 1.92. The molecule has 1 amide bonds. The van der Waals surface area contributed by atoms with Crippen molar-refractivity contribution in [2.24, 2.45) is 11.7 Å². The summed E-state index contributed by atoms with van der Waals surface area (Å²) in [5, 5.41) is 3.87. The van der Waals surface area contributed by atoms with E-state index in [1.165, 1.54) is 0 Å². The number of pyridine rings is 1. The summed E-state index contributed by atoms with van der Waals surface area (Å²) in [6, 6.07) is 9.54. The molecule has 0 saturated heterocycles. The van der Waals surface area contributed by atoms with Crippen LogP contribution in [0.15, 0.2) is 36.5 Å². The first-order valence-electron chi connectivity index (χ1n) is 5.66. The summed E-state index contributed by atoms with van der Waals surface area (Å²) < 4.78 is 0. The highest BCUT2D eigenvalue weighted by atomic mass is 16.2. The third-order valence-corrected chi connectivity index (χ3v) is 3.08. The quantitative estimate of drug-likeness (QED) is 0.817. The third kappa shape index (κ3) is 1.87. The highest BCUT2D eigenvalue weighted by Crippen LogP contribution is 2.30. The molecule has 1 aromatic heterocycles. The Labute approximate surface area is 98.8 Å². The van der Waals surface area contributed by atoms with Crippen molar-refractivity contribution in [2.45, 2.75) is 12.5 Å². The number of nitrogens with zero attached hydrogens (tertiary/aromatic N) is 1. The number of hydrogen-bond donors (Lipinski definition) is 2. The van der Waals surface area contributed by atoms with Gasteiger partial charge in [0.1, 0.15) is 0 Å². The van der Waals surface area contributed by atoms with Gasteiger partial charge in [-0.25, -0.2) is 0 Å². The van der Waals surface area contributed by atoms with Crippen molar-refractivity contribution in [3.63, 3.8) is 0 Å². The monoisotopic (exact) mass is 227 g/mol. The number of hydrogen-bond acceptors (Lipinski definition) is 3. The molecular weight excluding hydrogens is 214 g/mol. The van der Waals surface area contributed by atoms with Gasteiger partial charge in [-0.05, 0) is 30.7 Å². The lowest BCUT2D eigenvalue weighted by molar-refractivity contribution is -0.117. The molecule has 2 aromatic rings. The van der Waals surface area contributed by atoms with Crippen molar-refractivity contribution >= 4 is 22.5 Å². The van der Waals surface area contributed by atoms with Gasteiger partial charge in [0.25, 0.3) is 0 Å². The van der Waals surface area contributed by atoms with Gasteiger partial charge in [-0.15, -0.1) is 0 Å². The number of nitrogens with one attached hydrogen (secondary N) is 1. The molecule has 17 heavy (non-hydrogen) atoms. The molecule has 3 rings (SSSR count). The van der Waals surface area contributed by atoms with Crippen LogP contribution in [-0.4, -0.2) is 16.9 Å². The Bertz CT molecular complexity index is 576. The summed E-state index contributed by atoms with van der Waals surface area (Å²) in [7, 11) is 0. The predicted molar refractivity (Wildman–Crippen MR) is 66.5 cm³/mol. The highest BCUT2D eigenvalue weighted by molar-refractivity contribution is 6.02. The number of carbonyl (C=O) groups excluding carboxylic acids is 1. The average Bonchev–Trinajstić information content (AvgIpc) is 3.07. The van der Waals surface area contributed by atoms with Crippen molar-refractivity contribution in [2.75, 3.05) is 5.32 Å². The summed E-state index contributed by atoms with van der Waals surface area (Å²) >= 11 is 0. The molecule has 1 heterocycles. The minimum absolute atomic E-state index is 0.00820. The first-order valence-corrected chi connectivity index (χ1v) is 5.66. The van der Waals surface area contributed by atoms with Gasteiger partial charge in [-0.1, -0.05) is 6.07 Å². The van der Waals surface area contributed by atoms with Crippen LogP contribution in [-0.2, 0) is 4.79 Å². The van der Waals surface area contributed by atoms with Crippen LogP contribution in [0.4, 0.5) is 5.69 Å². The van der Waals surface area contributed by atoms with Crippen LogP contribution in [0.3, 0.4) is 0 Å². The van der Waals surface area contributed by atoms with Gasteiger partial charge in [-0.2, -0.15) is 0 Å². The molecule has 4 heteroatoms. The van der Waals surface area contributed by atoms with Gasteiger partial charge >= 0.3 is 0 Å². The largest absolute Gasteiger partial charge is 0.327 e. The molecule has 3 N–H and O–H groups in total. The van der Waals surface area contributed by atoms with E-state index in [1.807, 2.05) is 30.3 Å². The predicted octanol–water partition coefficient (Wildman–Crippen LogP) is 1.52. The van der Waals surface area contributed by atoms with Gasteiger partial charge in [0, 0.05) is 17.6 Å². The molecule has 0 aliphatic heterocycles. The maximum atomic E-state index is 11.8. The lowest BCUT2D eigenvalue weighted by Crippen LogP contribution is -2.18. The number of benzene rings is 1. The molecule has 1 saturated carbocycles. The number of carbonyl (C=O) groups is 1. The third-order valence-electron chi connectivity index (χ3n) is 3.08. The van der Waals surface area contributed by atoms with E-state index < -0.39 is 0 Å². The first kappa shape index (κ1) is 10.2. The topological polar surface area (TPSA) is 68.0 Å². The fourth-order valence-corrected chi connectivity index (χ4v) is 1.95. The molecule has 1 aromatic carbocycles. The van der Waals surface area contributed by atoms with Crippen LogP contribution in [0.1, 0.15) is 6.42 Å². The number of fused-ring (bicyclic) bond motifs is 1. The fourth-order valence-electron chi connectivity index (χ4n) is 1.95. The molecule has 1 fully saturated rings. The number of anilines is 1. The Hall–Kier alpha value is -1.94. The second kappa shape index (κ2) is 3.82. The van der Waals surface area contributed by atoms with Crippen molar-refractivity contribution in [3.8, 4) is 0 Å². The van der Waals surface area contributed by atoms with E-state index in [0.29, 0.717) is 0 Å². The Morgan fingerprint density at radius 2 is 2.18 bits per heavy atom. The van der Waals surface area contributed by atoms with E-state index in [0.717, 1.165) is 23.0 Å². The standard InChI is InChI=1S/C13H13N3O/c14-10-7-9(10)13(17)16-12-5-1-4-11-8(12)3-2-6-15-11/h1-6,9-10H,7,14H2,(H,16,17). The Morgan fingerprint density at radius 1 is 1.35 bits per heavy atom. The SMILES string of the molecule is NC1CC1C(=O)Nc1cccc2ncccc12. The summed E-state index contributed by atoms with van der Waals surface area (Å²) in [5.41, 5.74) is 7.35. The van der Waals surface area contributed by atoms with Gasteiger partial charge < -0.3 is 11.1 Å². The second-order valence-electron chi connectivity index (χ2n) is 4.37. The number of nitrogens with two attached hydrogens (primary N) is 1. The zero-order valence-corrected chi connectivity index (χ0v) is 9.26. The van der Waals surface area contributed by atoms with Crippen LogP contribution < -0.4 is 11.1 Å². The van der Waals surface area contributed by atoms with Crippen LogP contribution >= 0.6 is 0 Å². The fraction of sp³-hybridized carbons (Fsp3) is 0.231. The molecule has 86 valence electrons. The molecule has 1 aliphatic carbocycles. The van der Waals surface area contributed by atoms with Crippen molar-refractivity contribution in [3.05, 3.63) is 36.5 Å². The van der Waals surface area contributed by atoms with Gasteiger partial charge in [0.15, 0.2) is 0 Å². The van der Waals surface area contributed by atoms with Crippen molar-refractivity contribution in [1.82, 2.24) is 4.98 Å². The van der Waals surface area contributed by atoms with E-state index in [2.05, 4.69) is 10.3 Å². The second-order valence-corrected chi connectivity index (χ2v) is 4.37. The number of amides is 1. The average molecular weight is 227 g/mol. The molecule has 4 nitrogen and oxygen atoms in total. The molecule has 1 aliphatic rings. The number of aromatic nitrogens is 1. The van der Waals surface area contributed by atoms with Crippen LogP contribution in [0.2, 0.25) is 0 Å². The van der Waals surface area contributed by atoms with Gasteiger partial charge in [0.2, 0.25) is 5.91 Å². The lowest BCUT2D eigenvalue weighted by Gasteiger charge is -2.07. The molecule has 2 atom stereocenters. The highest BCUT2D eigenvalue weighted by Gasteiger charge is 2.40. The lowest BCUT2D eigenvalue weighted by atomic mass is 10.2. The molecular formula is C13H13N3O. The summed E-state index contributed by atoms with van der Waals surface area (Å²) in [5.74, 6) is -0.0178. The summed E-state index contributed by atoms with van der Waals surface area (Å²) in [4.78, 5) is 16.1. The van der Waals surface area contributed by atoms with Crippen molar-refractivity contribution in [1.29, 1.82) is 0 Å². The minimum Gasteiger partial charge on any atom is -0.327 e. The zero-order chi connectivity index (χ0) is 11.8. The molecule has 0 bridgehead atoms. The Kier molecular flexibility index (Phi) is 2.30. The zero-order valence-electron chi connectivity index (χ0n) is 9.26. The van der Waals surface area contributed by atoms with Crippen LogP contribution in [0.5, 0.6) is 0 Å². The molecule has 0 radical (unpaired) electrons. The maximum absolute atomic E-state index is 11.8. The normalized spacial score (nSPS) is 22.4. The molecule has 0 spiro atoms. The first-order chi connectivity index (χ1) is 8.25. The smallest absolute Gasteiger partial charge is 0.229 e. The summed E-state index contributed by atoms with van der Waals surface area (Å²) in [6.07, 6.45) is 2.53. The minimum atomic E-state index is -0.0260. The van der Waals surface area contributed by atoms with E-state index >= 15 is 0 Å². The maximum Gasteiger partial charge on any atom is 0.229 e. The van der Waals surface area contributed by atoms with Gasteiger partial charge in [-0.3, -0.25) is 9.78 Å². The van der Waals surface area contributed by atoms with Crippen molar-refractivity contribution < 1.29 is 4.79 Å².